The van der Waals surface area contributed by atoms with Gasteiger partial charge in [-0.3, -0.25) is 0 Å². The Kier molecular flexibility index (Phi) is 4.66. The summed E-state index contributed by atoms with van der Waals surface area (Å²) in [6.45, 7) is 6.79. The molecule has 2 fully saturated rings. The van der Waals surface area contributed by atoms with E-state index in [9.17, 15) is 0 Å². The molecule has 1 heterocycles. The summed E-state index contributed by atoms with van der Waals surface area (Å²) >= 11 is 0. The summed E-state index contributed by atoms with van der Waals surface area (Å²) in [4.78, 5) is 0. The van der Waals surface area contributed by atoms with E-state index < -0.39 is 0 Å². The Bertz CT molecular complexity index is 191. The standard InChI is InChI=1S/C14H27NO/c1-11(2)12-5-7-13(8-6-12)15-10-14-4-3-9-16-14/h11-15H,3-10H2,1-2H3. The van der Waals surface area contributed by atoms with Gasteiger partial charge < -0.3 is 10.1 Å². The summed E-state index contributed by atoms with van der Waals surface area (Å²) in [5.41, 5.74) is 0. The molecule has 0 bridgehead atoms. The molecule has 2 nitrogen and oxygen atoms in total. The fourth-order valence-electron chi connectivity index (χ4n) is 3.09. The summed E-state index contributed by atoms with van der Waals surface area (Å²) in [6, 6.07) is 0.763. The topological polar surface area (TPSA) is 21.3 Å². The Morgan fingerprint density at radius 3 is 2.44 bits per heavy atom. The van der Waals surface area contributed by atoms with Gasteiger partial charge in [-0.25, -0.2) is 0 Å². The zero-order chi connectivity index (χ0) is 11.4. The molecule has 16 heavy (non-hydrogen) atoms. The van der Waals surface area contributed by atoms with Crippen molar-refractivity contribution in [3.05, 3.63) is 0 Å². The van der Waals surface area contributed by atoms with Crippen molar-refractivity contribution in [2.45, 2.75) is 64.5 Å². The molecule has 2 heteroatoms. The maximum absolute atomic E-state index is 5.64. The van der Waals surface area contributed by atoms with E-state index in [1.165, 1.54) is 38.5 Å². The normalized spacial score (nSPS) is 35.8. The molecule has 1 atom stereocenters. The highest BCUT2D eigenvalue weighted by atomic mass is 16.5. The van der Waals surface area contributed by atoms with Crippen LogP contribution in [0.4, 0.5) is 0 Å². The molecular formula is C14H27NO. The highest BCUT2D eigenvalue weighted by Crippen LogP contribution is 2.29. The van der Waals surface area contributed by atoms with E-state index in [2.05, 4.69) is 19.2 Å². The van der Waals surface area contributed by atoms with Gasteiger partial charge in [0.1, 0.15) is 0 Å². The lowest BCUT2D eigenvalue weighted by atomic mass is 9.80. The third kappa shape index (κ3) is 3.46. The van der Waals surface area contributed by atoms with Crippen LogP contribution in [0.3, 0.4) is 0 Å². The summed E-state index contributed by atoms with van der Waals surface area (Å²) in [6.07, 6.45) is 8.59. The van der Waals surface area contributed by atoms with E-state index in [0.29, 0.717) is 6.10 Å². The van der Waals surface area contributed by atoms with Gasteiger partial charge in [-0.05, 0) is 50.4 Å². The molecule has 0 aromatic carbocycles. The number of hydrogen-bond acceptors (Lipinski definition) is 2. The molecular weight excluding hydrogens is 198 g/mol. The number of hydrogen-bond donors (Lipinski definition) is 1. The molecule has 2 rings (SSSR count). The van der Waals surface area contributed by atoms with Gasteiger partial charge in [0.15, 0.2) is 0 Å². The highest BCUT2D eigenvalue weighted by Gasteiger charge is 2.24. The zero-order valence-electron chi connectivity index (χ0n) is 10.9. The maximum Gasteiger partial charge on any atom is 0.0700 e. The van der Waals surface area contributed by atoms with Crippen molar-refractivity contribution in [2.75, 3.05) is 13.2 Å². The van der Waals surface area contributed by atoms with Crippen molar-refractivity contribution in [3.63, 3.8) is 0 Å². The number of nitrogens with one attached hydrogen (secondary N) is 1. The van der Waals surface area contributed by atoms with Crippen LogP contribution >= 0.6 is 0 Å². The van der Waals surface area contributed by atoms with E-state index in [-0.39, 0.29) is 0 Å². The van der Waals surface area contributed by atoms with E-state index in [1.54, 1.807) is 0 Å². The predicted molar refractivity (Wildman–Crippen MR) is 67.6 cm³/mol. The monoisotopic (exact) mass is 225 g/mol. The summed E-state index contributed by atoms with van der Waals surface area (Å²) in [5.74, 6) is 1.85. The van der Waals surface area contributed by atoms with Crippen molar-refractivity contribution in [3.8, 4) is 0 Å². The van der Waals surface area contributed by atoms with Crippen LogP contribution in [-0.4, -0.2) is 25.3 Å². The second-order valence-electron chi connectivity index (χ2n) is 5.90. The molecule has 1 N–H and O–H groups in total. The first-order chi connectivity index (χ1) is 7.75. The molecule has 0 spiro atoms. The Morgan fingerprint density at radius 2 is 1.88 bits per heavy atom. The lowest BCUT2D eigenvalue weighted by molar-refractivity contribution is 0.104. The average Bonchev–Trinajstić information content (AvgIpc) is 2.80. The van der Waals surface area contributed by atoms with Gasteiger partial charge in [0.25, 0.3) is 0 Å². The van der Waals surface area contributed by atoms with Gasteiger partial charge in [0.05, 0.1) is 6.10 Å². The molecule has 0 amide bonds. The molecule has 94 valence electrons. The number of rotatable bonds is 4. The zero-order valence-corrected chi connectivity index (χ0v) is 10.9. The van der Waals surface area contributed by atoms with Gasteiger partial charge in [-0.2, -0.15) is 0 Å². The summed E-state index contributed by atoms with van der Waals surface area (Å²) in [7, 11) is 0. The second-order valence-corrected chi connectivity index (χ2v) is 5.90. The molecule has 1 saturated carbocycles. The average molecular weight is 225 g/mol. The lowest BCUT2D eigenvalue weighted by Crippen LogP contribution is -2.38. The highest BCUT2D eigenvalue weighted by molar-refractivity contribution is 4.80. The van der Waals surface area contributed by atoms with Gasteiger partial charge in [-0.1, -0.05) is 13.8 Å². The minimum absolute atomic E-state index is 0.503. The molecule has 0 aromatic rings. The molecule has 1 unspecified atom stereocenters. The third-order valence-corrected chi connectivity index (χ3v) is 4.37. The molecule has 0 aromatic heterocycles. The van der Waals surface area contributed by atoms with Crippen molar-refractivity contribution in [1.82, 2.24) is 5.32 Å². The Hall–Kier alpha value is -0.0800. The van der Waals surface area contributed by atoms with Crippen LogP contribution in [0.1, 0.15) is 52.4 Å². The maximum atomic E-state index is 5.64. The lowest BCUT2D eigenvalue weighted by Gasteiger charge is -2.31. The number of ether oxygens (including phenoxy) is 1. The van der Waals surface area contributed by atoms with Crippen molar-refractivity contribution in [1.29, 1.82) is 0 Å². The van der Waals surface area contributed by atoms with Gasteiger partial charge >= 0.3 is 0 Å². The van der Waals surface area contributed by atoms with Crippen molar-refractivity contribution in [2.24, 2.45) is 11.8 Å². The molecule has 0 radical (unpaired) electrons. The van der Waals surface area contributed by atoms with Crippen LogP contribution < -0.4 is 5.32 Å². The van der Waals surface area contributed by atoms with Crippen LogP contribution in [0.15, 0.2) is 0 Å². The smallest absolute Gasteiger partial charge is 0.0700 e. The van der Waals surface area contributed by atoms with E-state index in [0.717, 1.165) is 31.0 Å². The largest absolute Gasteiger partial charge is 0.377 e. The SMILES string of the molecule is CC(C)C1CCC(NCC2CCCO2)CC1. The van der Waals surface area contributed by atoms with Gasteiger partial charge in [0, 0.05) is 19.2 Å². The van der Waals surface area contributed by atoms with Crippen LogP contribution in [0, 0.1) is 11.8 Å². The Labute approximate surface area is 100 Å². The molecule has 1 aliphatic heterocycles. The Balaban J connectivity index is 1.61. The second kappa shape index (κ2) is 6.02. The first-order valence-electron chi connectivity index (χ1n) is 7.10. The molecule has 1 aliphatic carbocycles. The predicted octanol–water partition coefficient (Wildman–Crippen LogP) is 2.97. The van der Waals surface area contributed by atoms with Gasteiger partial charge in [-0.15, -0.1) is 0 Å². The Morgan fingerprint density at radius 1 is 1.12 bits per heavy atom. The minimum Gasteiger partial charge on any atom is -0.377 e. The van der Waals surface area contributed by atoms with E-state index in [1.807, 2.05) is 0 Å². The summed E-state index contributed by atoms with van der Waals surface area (Å²) < 4.78 is 5.64. The van der Waals surface area contributed by atoms with Crippen molar-refractivity contribution < 1.29 is 4.74 Å². The third-order valence-electron chi connectivity index (χ3n) is 4.37. The quantitative estimate of drug-likeness (QED) is 0.794. The summed E-state index contributed by atoms with van der Waals surface area (Å²) in [5, 5.41) is 3.70. The van der Waals surface area contributed by atoms with Crippen LogP contribution in [0.25, 0.3) is 0 Å². The fraction of sp³-hybridized carbons (Fsp3) is 1.00. The first kappa shape index (κ1) is 12.4. The van der Waals surface area contributed by atoms with Crippen molar-refractivity contribution >= 4 is 0 Å². The first-order valence-corrected chi connectivity index (χ1v) is 7.10. The van der Waals surface area contributed by atoms with Crippen LogP contribution in [0.2, 0.25) is 0 Å². The minimum atomic E-state index is 0.503. The van der Waals surface area contributed by atoms with Gasteiger partial charge in [0.2, 0.25) is 0 Å². The van der Waals surface area contributed by atoms with E-state index >= 15 is 0 Å². The molecule has 2 aliphatic rings. The molecule has 1 saturated heterocycles. The van der Waals surface area contributed by atoms with Crippen LogP contribution in [-0.2, 0) is 4.74 Å². The fourth-order valence-corrected chi connectivity index (χ4v) is 3.09. The van der Waals surface area contributed by atoms with Crippen LogP contribution in [0.5, 0.6) is 0 Å². The van der Waals surface area contributed by atoms with E-state index in [4.69, 9.17) is 4.74 Å².